The molecule has 0 heterocycles. The predicted molar refractivity (Wildman–Crippen MR) is 90.0 cm³/mol. The maximum Gasteiger partial charge on any atom is 0.0624 e. The molecule has 3 atom stereocenters. The summed E-state index contributed by atoms with van der Waals surface area (Å²) in [5.41, 5.74) is 2.81. The number of allylic oxidation sites excluding steroid dienone is 2. The van der Waals surface area contributed by atoms with Gasteiger partial charge in [-0.3, -0.25) is 0 Å². The van der Waals surface area contributed by atoms with Crippen LogP contribution in [0.25, 0.3) is 0 Å². The molecule has 0 aliphatic rings. The Morgan fingerprint density at radius 3 is 1.95 bits per heavy atom. The molecule has 0 spiro atoms. The van der Waals surface area contributed by atoms with Gasteiger partial charge in [0, 0.05) is 18.7 Å². The Kier molecular flexibility index (Phi) is 9.75. The Morgan fingerprint density at radius 2 is 1.55 bits per heavy atom. The van der Waals surface area contributed by atoms with Gasteiger partial charge >= 0.3 is 0 Å². The minimum Gasteiger partial charge on any atom is -0.390 e. The smallest absolute Gasteiger partial charge is 0.0624 e. The summed E-state index contributed by atoms with van der Waals surface area (Å²) in [6.07, 6.45) is 3.27. The lowest BCUT2D eigenvalue weighted by Crippen LogP contribution is -2.24. The van der Waals surface area contributed by atoms with Crippen LogP contribution in [0.2, 0.25) is 0 Å². The molecule has 0 aliphatic heterocycles. The van der Waals surface area contributed by atoms with Gasteiger partial charge < -0.3 is 5.32 Å². The summed E-state index contributed by atoms with van der Waals surface area (Å²) >= 11 is 0. The first kappa shape index (κ1) is 18.7. The summed E-state index contributed by atoms with van der Waals surface area (Å²) in [6, 6.07) is 0. The average molecular weight is 273 g/mol. The van der Waals surface area contributed by atoms with Crippen LogP contribution in [0.15, 0.2) is 11.3 Å². The highest BCUT2D eigenvalue weighted by atomic mass is 14.8. The van der Waals surface area contributed by atoms with Gasteiger partial charge in [0.05, 0.1) is 5.92 Å². The van der Waals surface area contributed by atoms with Crippen LogP contribution in [0.5, 0.6) is 0 Å². The molecule has 20 heavy (non-hydrogen) atoms. The van der Waals surface area contributed by atoms with Gasteiger partial charge in [-0.15, -0.1) is 17.8 Å². The Hall–Kier alpha value is -1.34. The van der Waals surface area contributed by atoms with E-state index in [0.29, 0.717) is 17.8 Å². The van der Waals surface area contributed by atoms with Crippen molar-refractivity contribution >= 4 is 0 Å². The largest absolute Gasteiger partial charge is 0.390 e. The number of hydrogen-bond donors (Lipinski definition) is 1. The first-order valence-electron chi connectivity index (χ1n) is 7.79. The lowest BCUT2D eigenvalue weighted by Gasteiger charge is -2.26. The second-order valence-corrected chi connectivity index (χ2v) is 5.35. The monoisotopic (exact) mass is 273 g/mol. The minimum absolute atomic E-state index is 0.293. The zero-order chi connectivity index (χ0) is 15.5. The minimum atomic E-state index is 0.293. The third-order valence-electron chi connectivity index (χ3n) is 3.80. The van der Waals surface area contributed by atoms with Crippen LogP contribution < -0.4 is 5.32 Å². The molecule has 0 amide bonds. The van der Waals surface area contributed by atoms with Crippen molar-refractivity contribution in [3.8, 4) is 23.7 Å². The zero-order valence-corrected chi connectivity index (χ0v) is 14.4. The van der Waals surface area contributed by atoms with E-state index in [-0.39, 0.29) is 0 Å². The summed E-state index contributed by atoms with van der Waals surface area (Å²) in [6.45, 7) is 12.8. The molecule has 112 valence electrons. The normalized spacial score (nSPS) is 13.9. The fourth-order valence-electron chi connectivity index (χ4n) is 2.84. The molecule has 0 fully saturated rings. The highest BCUT2D eigenvalue weighted by Gasteiger charge is 2.22. The van der Waals surface area contributed by atoms with E-state index in [4.69, 9.17) is 0 Å². The summed E-state index contributed by atoms with van der Waals surface area (Å²) in [4.78, 5) is 0. The molecule has 0 saturated heterocycles. The van der Waals surface area contributed by atoms with E-state index in [1.165, 1.54) is 11.3 Å². The highest BCUT2D eigenvalue weighted by molar-refractivity contribution is 5.24. The van der Waals surface area contributed by atoms with E-state index >= 15 is 0 Å². The van der Waals surface area contributed by atoms with Crippen molar-refractivity contribution in [2.24, 2.45) is 17.8 Å². The van der Waals surface area contributed by atoms with Crippen LogP contribution in [0.4, 0.5) is 0 Å². The Labute approximate surface area is 126 Å². The van der Waals surface area contributed by atoms with E-state index in [2.05, 4.69) is 56.7 Å². The van der Waals surface area contributed by atoms with Crippen molar-refractivity contribution in [1.82, 2.24) is 5.32 Å². The maximum atomic E-state index is 3.42. The van der Waals surface area contributed by atoms with Gasteiger partial charge in [0.2, 0.25) is 0 Å². The molecule has 0 rings (SSSR count). The van der Waals surface area contributed by atoms with Gasteiger partial charge in [-0.25, -0.2) is 0 Å². The molecular weight excluding hydrogens is 242 g/mol. The van der Waals surface area contributed by atoms with Crippen molar-refractivity contribution in [1.29, 1.82) is 0 Å². The van der Waals surface area contributed by atoms with Crippen molar-refractivity contribution in [3.05, 3.63) is 11.3 Å². The summed E-state index contributed by atoms with van der Waals surface area (Å²) in [5, 5.41) is 3.42. The summed E-state index contributed by atoms with van der Waals surface area (Å²) in [5.74, 6) is 14.0. The lowest BCUT2D eigenvalue weighted by atomic mass is 9.82. The van der Waals surface area contributed by atoms with E-state index < -0.39 is 0 Å². The van der Waals surface area contributed by atoms with Gasteiger partial charge in [-0.2, -0.15) is 0 Å². The molecule has 0 bridgehead atoms. The molecule has 0 saturated carbocycles. The molecule has 1 unspecified atom stereocenters. The van der Waals surface area contributed by atoms with Crippen LogP contribution in [-0.2, 0) is 0 Å². The van der Waals surface area contributed by atoms with E-state index in [1.54, 1.807) is 0 Å². The Balaban J connectivity index is 5.32. The summed E-state index contributed by atoms with van der Waals surface area (Å²) < 4.78 is 0. The Morgan fingerprint density at radius 1 is 1.00 bits per heavy atom. The van der Waals surface area contributed by atoms with E-state index in [1.807, 2.05) is 20.9 Å². The quantitative estimate of drug-likeness (QED) is 0.668. The average Bonchev–Trinajstić information content (AvgIpc) is 2.42. The van der Waals surface area contributed by atoms with Crippen LogP contribution in [0.1, 0.15) is 60.8 Å². The van der Waals surface area contributed by atoms with Gasteiger partial charge in [-0.05, 0) is 39.0 Å². The molecule has 0 aromatic heterocycles. The van der Waals surface area contributed by atoms with Crippen molar-refractivity contribution in [2.75, 3.05) is 7.05 Å². The van der Waals surface area contributed by atoms with Gasteiger partial charge in [-0.1, -0.05) is 39.2 Å². The predicted octanol–water partition coefficient (Wildman–Crippen LogP) is 4.61. The fourth-order valence-corrected chi connectivity index (χ4v) is 2.84. The lowest BCUT2D eigenvalue weighted by molar-refractivity contribution is 0.402. The van der Waals surface area contributed by atoms with Crippen LogP contribution in [0.3, 0.4) is 0 Å². The van der Waals surface area contributed by atoms with Gasteiger partial charge in [0.1, 0.15) is 0 Å². The number of hydrogen-bond acceptors (Lipinski definition) is 1. The van der Waals surface area contributed by atoms with Crippen molar-refractivity contribution in [3.63, 3.8) is 0 Å². The van der Waals surface area contributed by atoms with Gasteiger partial charge in [0.15, 0.2) is 0 Å². The maximum absolute atomic E-state index is 3.42. The molecule has 1 nitrogen and oxygen atoms in total. The second-order valence-electron chi connectivity index (χ2n) is 5.35. The third-order valence-corrected chi connectivity index (χ3v) is 3.80. The standard InChI is InChI=1S/C19H31N/c1-8-12-15(5)14-16(6)18(13-9-2)19(20-7)17(10-3)11-4/h15-16,18,20H,10-11,14H2,1-7H3/t15?,16-,18+/m1/s1. The van der Waals surface area contributed by atoms with E-state index in [9.17, 15) is 0 Å². The topological polar surface area (TPSA) is 12.0 Å². The summed E-state index contributed by atoms with van der Waals surface area (Å²) in [7, 11) is 2.02. The van der Waals surface area contributed by atoms with Crippen LogP contribution in [0, 0.1) is 41.4 Å². The zero-order valence-electron chi connectivity index (χ0n) is 14.4. The highest BCUT2D eigenvalue weighted by Crippen LogP contribution is 2.28. The SMILES string of the molecule is CC#CC(C)C[C@@H](C)[C@H](C#CC)C(NC)=C(CC)CC. The van der Waals surface area contributed by atoms with Gasteiger partial charge in [0.25, 0.3) is 0 Å². The second kappa shape index (κ2) is 10.4. The number of nitrogens with one attached hydrogen (secondary N) is 1. The van der Waals surface area contributed by atoms with E-state index in [0.717, 1.165) is 19.3 Å². The molecule has 0 radical (unpaired) electrons. The molecule has 0 aromatic carbocycles. The first-order valence-corrected chi connectivity index (χ1v) is 7.79. The van der Waals surface area contributed by atoms with Crippen LogP contribution >= 0.6 is 0 Å². The molecule has 0 aliphatic carbocycles. The molecule has 1 N–H and O–H groups in total. The van der Waals surface area contributed by atoms with Crippen molar-refractivity contribution < 1.29 is 0 Å². The first-order chi connectivity index (χ1) is 9.55. The van der Waals surface area contributed by atoms with Crippen molar-refractivity contribution in [2.45, 2.75) is 60.8 Å². The molecule has 0 aromatic rings. The molecular formula is C19H31N. The number of rotatable bonds is 7. The third kappa shape index (κ3) is 5.75. The Bertz CT molecular complexity index is 416. The molecule has 1 heteroatoms. The fraction of sp³-hybridized carbons (Fsp3) is 0.684. The van der Waals surface area contributed by atoms with Crippen LogP contribution in [-0.4, -0.2) is 7.05 Å².